The molecule has 1 aromatic carbocycles. The maximum Gasteiger partial charge on any atom is 0.235 e. The van der Waals surface area contributed by atoms with Gasteiger partial charge in [-0.2, -0.15) is 10.2 Å². The van der Waals surface area contributed by atoms with Crippen LogP contribution in [0.1, 0.15) is 22.1 Å². The normalized spacial score (nSPS) is 17.2. The summed E-state index contributed by atoms with van der Waals surface area (Å²) in [5.74, 6) is 1.13. The number of amides is 1. The molecule has 24 heavy (non-hydrogen) atoms. The molecule has 2 aromatic heterocycles. The van der Waals surface area contributed by atoms with Gasteiger partial charge in [0, 0.05) is 24.4 Å². The molecular formula is C17H17N5OS. The van der Waals surface area contributed by atoms with Gasteiger partial charge in [0.15, 0.2) is 0 Å². The molecule has 0 aliphatic carbocycles. The summed E-state index contributed by atoms with van der Waals surface area (Å²) < 4.78 is 3.60. The SMILES string of the molecule is Cc1nn(C)cc1[C@@H]1SCC(=O)Nc2c1cnn2-c1ccccc1. The van der Waals surface area contributed by atoms with Gasteiger partial charge >= 0.3 is 0 Å². The van der Waals surface area contributed by atoms with Crippen LogP contribution in [0, 0.1) is 6.92 Å². The van der Waals surface area contributed by atoms with E-state index in [9.17, 15) is 4.79 Å². The standard InChI is InChI=1S/C17H17N5OS/c1-11-14(9-21(2)20-11)16-13-8-18-22(12-6-4-3-5-7-12)17(13)19-15(23)10-24-16/h3-9,16H,10H2,1-2H3,(H,19,23)/t16-/m1/s1. The van der Waals surface area contributed by atoms with E-state index >= 15 is 0 Å². The number of hydrogen-bond donors (Lipinski definition) is 1. The minimum atomic E-state index is -0.0111. The summed E-state index contributed by atoms with van der Waals surface area (Å²) in [6.45, 7) is 2.00. The molecule has 0 bridgehead atoms. The van der Waals surface area contributed by atoms with Crippen molar-refractivity contribution in [3.8, 4) is 5.69 Å². The van der Waals surface area contributed by atoms with Gasteiger partial charge in [0.2, 0.25) is 5.91 Å². The zero-order chi connectivity index (χ0) is 16.7. The van der Waals surface area contributed by atoms with Gasteiger partial charge in [0.1, 0.15) is 5.82 Å². The van der Waals surface area contributed by atoms with Gasteiger partial charge < -0.3 is 5.32 Å². The van der Waals surface area contributed by atoms with Crippen molar-refractivity contribution in [2.75, 3.05) is 11.1 Å². The van der Waals surface area contributed by atoms with E-state index in [1.807, 2.05) is 61.4 Å². The van der Waals surface area contributed by atoms with E-state index in [-0.39, 0.29) is 11.2 Å². The lowest BCUT2D eigenvalue weighted by Crippen LogP contribution is -2.15. The molecule has 7 heteroatoms. The number of nitrogens with one attached hydrogen (secondary N) is 1. The Hall–Kier alpha value is -2.54. The van der Waals surface area contributed by atoms with Crippen molar-refractivity contribution in [2.45, 2.75) is 12.2 Å². The Labute approximate surface area is 143 Å². The first-order valence-electron chi connectivity index (χ1n) is 7.68. The van der Waals surface area contributed by atoms with E-state index in [1.54, 1.807) is 16.4 Å². The number of carbonyl (C=O) groups excluding carboxylic acids is 1. The van der Waals surface area contributed by atoms with Crippen molar-refractivity contribution >= 4 is 23.5 Å². The molecule has 0 spiro atoms. The van der Waals surface area contributed by atoms with E-state index in [1.165, 1.54) is 0 Å². The van der Waals surface area contributed by atoms with Crippen LogP contribution in [-0.2, 0) is 11.8 Å². The van der Waals surface area contributed by atoms with Crippen LogP contribution in [0.15, 0.2) is 42.7 Å². The van der Waals surface area contributed by atoms with Crippen LogP contribution in [-0.4, -0.2) is 31.2 Å². The lowest BCUT2D eigenvalue weighted by atomic mass is 10.1. The van der Waals surface area contributed by atoms with Crippen molar-refractivity contribution in [1.82, 2.24) is 19.6 Å². The highest BCUT2D eigenvalue weighted by atomic mass is 32.2. The molecule has 3 aromatic rings. The van der Waals surface area contributed by atoms with E-state index in [0.29, 0.717) is 5.75 Å². The smallest absolute Gasteiger partial charge is 0.235 e. The number of anilines is 1. The van der Waals surface area contributed by atoms with Crippen LogP contribution < -0.4 is 5.32 Å². The molecular weight excluding hydrogens is 322 g/mol. The first-order chi connectivity index (χ1) is 11.6. The van der Waals surface area contributed by atoms with Gasteiger partial charge in [0.05, 0.1) is 28.6 Å². The summed E-state index contributed by atoms with van der Waals surface area (Å²) in [5.41, 5.74) is 4.02. The third-order valence-corrected chi connectivity index (χ3v) is 5.32. The first-order valence-corrected chi connectivity index (χ1v) is 8.73. The van der Waals surface area contributed by atoms with Crippen LogP contribution in [0.3, 0.4) is 0 Å². The van der Waals surface area contributed by atoms with E-state index < -0.39 is 0 Å². The van der Waals surface area contributed by atoms with Crippen molar-refractivity contribution < 1.29 is 4.79 Å². The molecule has 4 rings (SSSR count). The summed E-state index contributed by atoms with van der Waals surface area (Å²) in [6, 6.07) is 9.82. The van der Waals surface area contributed by atoms with Gasteiger partial charge in [-0.3, -0.25) is 9.48 Å². The molecule has 3 heterocycles. The number of aryl methyl sites for hydroxylation is 2. The summed E-state index contributed by atoms with van der Waals surface area (Å²) in [5, 5.41) is 12.0. The molecule has 1 atom stereocenters. The summed E-state index contributed by atoms with van der Waals surface area (Å²) in [4.78, 5) is 12.2. The number of aromatic nitrogens is 4. The molecule has 0 radical (unpaired) electrons. The Bertz CT molecular complexity index is 899. The predicted octanol–water partition coefficient (Wildman–Crippen LogP) is 2.69. The molecule has 0 fully saturated rings. The summed E-state index contributed by atoms with van der Waals surface area (Å²) >= 11 is 1.61. The number of fused-ring (bicyclic) bond motifs is 1. The molecule has 1 N–H and O–H groups in total. The Morgan fingerprint density at radius 3 is 2.75 bits per heavy atom. The van der Waals surface area contributed by atoms with Gasteiger partial charge in [-0.15, -0.1) is 11.8 Å². The Morgan fingerprint density at radius 2 is 2.04 bits per heavy atom. The van der Waals surface area contributed by atoms with Gasteiger partial charge in [0.25, 0.3) is 0 Å². The minimum Gasteiger partial charge on any atom is -0.310 e. The number of rotatable bonds is 2. The largest absolute Gasteiger partial charge is 0.310 e. The number of thioether (sulfide) groups is 1. The molecule has 1 amide bonds. The predicted molar refractivity (Wildman–Crippen MR) is 94.4 cm³/mol. The fourth-order valence-electron chi connectivity index (χ4n) is 2.99. The maximum atomic E-state index is 12.2. The molecule has 1 aliphatic rings. The van der Waals surface area contributed by atoms with Crippen LogP contribution in [0.4, 0.5) is 5.82 Å². The van der Waals surface area contributed by atoms with Crippen molar-refractivity contribution in [3.05, 3.63) is 59.5 Å². The number of carbonyl (C=O) groups is 1. The topological polar surface area (TPSA) is 64.7 Å². The zero-order valence-corrected chi connectivity index (χ0v) is 14.2. The highest BCUT2D eigenvalue weighted by Crippen LogP contribution is 2.42. The number of para-hydroxylation sites is 1. The first kappa shape index (κ1) is 15.0. The third kappa shape index (κ3) is 2.50. The quantitative estimate of drug-likeness (QED) is 0.780. The fraction of sp³-hybridized carbons (Fsp3) is 0.235. The second kappa shape index (κ2) is 5.83. The Kier molecular flexibility index (Phi) is 3.65. The third-order valence-electron chi connectivity index (χ3n) is 4.05. The summed E-state index contributed by atoms with van der Waals surface area (Å²) in [6.07, 6.45) is 3.87. The highest BCUT2D eigenvalue weighted by Gasteiger charge is 2.30. The van der Waals surface area contributed by atoms with Crippen molar-refractivity contribution in [3.63, 3.8) is 0 Å². The highest BCUT2D eigenvalue weighted by molar-refractivity contribution is 8.00. The average molecular weight is 339 g/mol. The van der Waals surface area contributed by atoms with Gasteiger partial charge in [-0.05, 0) is 19.1 Å². The Balaban J connectivity index is 1.86. The fourth-order valence-corrected chi connectivity index (χ4v) is 4.15. The van der Waals surface area contributed by atoms with Crippen molar-refractivity contribution in [2.24, 2.45) is 7.05 Å². The van der Waals surface area contributed by atoms with Crippen LogP contribution >= 0.6 is 11.8 Å². The maximum absolute atomic E-state index is 12.2. The van der Waals surface area contributed by atoms with Gasteiger partial charge in [-0.25, -0.2) is 4.68 Å². The van der Waals surface area contributed by atoms with E-state index in [2.05, 4.69) is 15.5 Å². The number of nitrogens with zero attached hydrogens (tertiary/aromatic N) is 4. The summed E-state index contributed by atoms with van der Waals surface area (Å²) in [7, 11) is 1.91. The Morgan fingerprint density at radius 1 is 1.25 bits per heavy atom. The second-order valence-corrected chi connectivity index (χ2v) is 6.87. The lowest BCUT2D eigenvalue weighted by molar-refractivity contribution is -0.113. The number of hydrogen-bond acceptors (Lipinski definition) is 4. The molecule has 122 valence electrons. The van der Waals surface area contributed by atoms with Crippen LogP contribution in [0.2, 0.25) is 0 Å². The minimum absolute atomic E-state index is 0.0111. The molecule has 0 saturated heterocycles. The number of benzene rings is 1. The lowest BCUT2D eigenvalue weighted by Gasteiger charge is -2.13. The molecule has 1 aliphatic heterocycles. The van der Waals surface area contributed by atoms with Crippen LogP contribution in [0.5, 0.6) is 0 Å². The van der Waals surface area contributed by atoms with Crippen molar-refractivity contribution in [1.29, 1.82) is 0 Å². The van der Waals surface area contributed by atoms with E-state index in [4.69, 9.17) is 0 Å². The van der Waals surface area contributed by atoms with Gasteiger partial charge in [-0.1, -0.05) is 18.2 Å². The second-order valence-electron chi connectivity index (χ2n) is 5.78. The van der Waals surface area contributed by atoms with Crippen LogP contribution in [0.25, 0.3) is 5.69 Å². The average Bonchev–Trinajstić information content (AvgIpc) is 3.08. The zero-order valence-electron chi connectivity index (χ0n) is 13.4. The molecule has 0 saturated carbocycles. The van der Waals surface area contributed by atoms with E-state index in [0.717, 1.165) is 28.3 Å². The monoisotopic (exact) mass is 339 g/mol. The molecule has 0 unspecified atom stereocenters. The molecule has 6 nitrogen and oxygen atoms in total.